The lowest BCUT2D eigenvalue weighted by atomic mass is 10.1. The summed E-state index contributed by atoms with van der Waals surface area (Å²) in [7, 11) is 0. The number of nitrogens with zero attached hydrogens (tertiary/aromatic N) is 1. The Kier molecular flexibility index (Phi) is 6.77. The molecule has 1 aliphatic heterocycles. The fourth-order valence-corrected chi connectivity index (χ4v) is 2.71. The van der Waals surface area contributed by atoms with Gasteiger partial charge in [0.25, 0.3) is 0 Å². The van der Waals surface area contributed by atoms with Crippen LogP contribution in [0.15, 0.2) is 30.3 Å². The number of hydrogen-bond donors (Lipinski definition) is 0. The topological polar surface area (TPSA) is 72.9 Å². The van der Waals surface area contributed by atoms with Crippen molar-refractivity contribution in [3.05, 3.63) is 35.9 Å². The van der Waals surface area contributed by atoms with Crippen molar-refractivity contribution in [2.24, 2.45) is 0 Å². The van der Waals surface area contributed by atoms with E-state index in [2.05, 4.69) is 0 Å². The molecule has 0 aliphatic carbocycles. The molecule has 1 aromatic rings. The van der Waals surface area contributed by atoms with E-state index >= 15 is 0 Å². The number of piperidine rings is 1. The lowest BCUT2D eigenvalue weighted by molar-refractivity contribution is -0.151. The van der Waals surface area contributed by atoms with Crippen molar-refractivity contribution in [1.82, 2.24) is 4.90 Å². The van der Waals surface area contributed by atoms with E-state index in [1.54, 1.807) is 29.2 Å². The Labute approximate surface area is 154 Å². The lowest BCUT2D eigenvalue weighted by Gasteiger charge is -2.33. The van der Waals surface area contributed by atoms with Gasteiger partial charge in [0.2, 0.25) is 0 Å². The number of amides is 1. The van der Waals surface area contributed by atoms with E-state index in [-0.39, 0.29) is 36.8 Å². The number of Topliss-reactive ketones (excluding diaryl/α,β-unsaturated/α-hetero) is 1. The highest BCUT2D eigenvalue weighted by atomic mass is 16.6. The standard InChI is InChI=1S/C20H27NO5/c1-20(2,3)26-19(24)21-13-11-16(12-14-21)25-18(23)10-9-17(22)15-7-5-4-6-8-15/h4-8,16H,9-14H2,1-3H3. The molecule has 0 aromatic heterocycles. The highest BCUT2D eigenvalue weighted by molar-refractivity contribution is 5.97. The van der Waals surface area contributed by atoms with Crippen molar-refractivity contribution in [2.75, 3.05) is 13.1 Å². The number of hydrogen-bond acceptors (Lipinski definition) is 5. The Morgan fingerprint density at radius 2 is 1.65 bits per heavy atom. The number of benzene rings is 1. The Bertz CT molecular complexity index is 627. The first-order valence-corrected chi connectivity index (χ1v) is 9.00. The van der Waals surface area contributed by atoms with E-state index in [0.29, 0.717) is 31.5 Å². The molecule has 2 rings (SSSR count). The predicted molar refractivity (Wildman–Crippen MR) is 96.9 cm³/mol. The molecule has 0 radical (unpaired) electrons. The SMILES string of the molecule is CC(C)(C)OC(=O)N1CCC(OC(=O)CCC(=O)c2ccccc2)CC1. The second-order valence-electron chi connectivity index (χ2n) is 7.45. The molecule has 1 heterocycles. The molecule has 0 spiro atoms. The van der Waals surface area contributed by atoms with Crippen LogP contribution in [-0.2, 0) is 14.3 Å². The van der Waals surface area contributed by atoms with Crippen molar-refractivity contribution in [3.8, 4) is 0 Å². The molecular weight excluding hydrogens is 334 g/mol. The number of ether oxygens (including phenoxy) is 2. The van der Waals surface area contributed by atoms with E-state index in [1.165, 1.54) is 0 Å². The monoisotopic (exact) mass is 361 g/mol. The van der Waals surface area contributed by atoms with E-state index in [1.807, 2.05) is 26.8 Å². The van der Waals surface area contributed by atoms with Crippen LogP contribution in [0.1, 0.15) is 56.8 Å². The zero-order valence-corrected chi connectivity index (χ0v) is 15.7. The summed E-state index contributed by atoms with van der Waals surface area (Å²) in [6.07, 6.45) is 0.818. The Morgan fingerprint density at radius 3 is 2.23 bits per heavy atom. The minimum absolute atomic E-state index is 0.0673. The van der Waals surface area contributed by atoms with Crippen LogP contribution < -0.4 is 0 Å². The third-order valence-electron chi connectivity index (χ3n) is 4.04. The van der Waals surface area contributed by atoms with Gasteiger partial charge in [0.05, 0.1) is 6.42 Å². The fraction of sp³-hybridized carbons (Fsp3) is 0.550. The number of likely N-dealkylation sites (tertiary alicyclic amines) is 1. The zero-order chi connectivity index (χ0) is 19.2. The number of carbonyl (C=O) groups excluding carboxylic acids is 3. The van der Waals surface area contributed by atoms with Crippen LogP contribution in [0, 0.1) is 0 Å². The Hall–Kier alpha value is -2.37. The van der Waals surface area contributed by atoms with E-state index in [9.17, 15) is 14.4 Å². The van der Waals surface area contributed by atoms with Crippen molar-refractivity contribution >= 4 is 17.8 Å². The van der Waals surface area contributed by atoms with Gasteiger partial charge < -0.3 is 14.4 Å². The van der Waals surface area contributed by atoms with Gasteiger partial charge in [-0.05, 0) is 20.8 Å². The number of esters is 1. The number of ketones is 1. The van der Waals surface area contributed by atoms with Crippen molar-refractivity contribution in [1.29, 1.82) is 0 Å². The number of rotatable bonds is 5. The van der Waals surface area contributed by atoms with Crippen LogP contribution in [0.2, 0.25) is 0 Å². The molecule has 142 valence electrons. The molecule has 0 unspecified atom stereocenters. The molecule has 0 bridgehead atoms. The summed E-state index contributed by atoms with van der Waals surface area (Å²) in [6, 6.07) is 8.91. The molecule has 1 fully saturated rings. The largest absolute Gasteiger partial charge is 0.462 e. The quantitative estimate of drug-likeness (QED) is 0.592. The van der Waals surface area contributed by atoms with Crippen LogP contribution in [-0.4, -0.2) is 47.5 Å². The molecular formula is C20H27NO5. The maximum absolute atomic E-state index is 12.0. The lowest BCUT2D eigenvalue weighted by Crippen LogP contribution is -2.43. The summed E-state index contributed by atoms with van der Waals surface area (Å²) in [6.45, 7) is 6.48. The highest BCUT2D eigenvalue weighted by Crippen LogP contribution is 2.18. The van der Waals surface area contributed by atoms with Gasteiger partial charge in [0, 0.05) is 37.9 Å². The van der Waals surface area contributed by atoms with Gasteiger partial charge in [-0.1, -0.05) is 30.3 Å². The second-order valence-corrected chi connectivity index (χ2v) is 7.45. The molecule has 0 N–H and O–H groups in total. The van der Waals surface area contributed by atoms with Gasteiger partial charge >= 0.3 is 12.1 Å². The van der Waals surface area contributed by atoms with Crippen LogP contribution in [0.3, 0.4) is 0 Å². The maximum atomic E-state index is 12.0. The zero-order valence-electron chi connectivity index (χ0n) is 15.7. The molecule has 26 heavy (non-hydrogen) atoms. The normalized spacial score (nSPS) is 15.4. The summed E-state index contributed by atoms with van der Waals surface area (Å²) >= 11 is 0. The Balaban J connectivity index is 1.69. The predicted octanol–water partition coefficient (Wildman–Crippen LogP) is 3.59. The van der Waals surface area contributed by atoms with Crippen molar-refractivity contribution in [2.45, 2.75) is 58.2 Å². The van der Waals surface area contributed by atoms with Crippen LogP contribution >= 0.6 is 0 Å². The third-order valence-corrected chi connectivity index (χ3v) is 4.04. The smallest absolute Gasteiger partial charge is 0.410 e. The summed E-state index contributed by atoms with van der Waals surface area (Å²) < 4.78 is 10.8. The molecule has 1 amide bonds. The van der Waals surface area contributed by atoms with E-state index in [0.717, 1.165) is 0 Å². The van der Waals surface area contributed by atoms with Crippen LogP contribution in [0.4, 0.5) is 4.79 Å². The summed E-state index contributed by atoms with van der Waals surface area (Å²) in [4.78, 5) is 37.6. The molecule has 6 heteroatoms. The van der Waals surface area contributed by atoms with Gasteiger partial charge in [-0.25, -0.2) is 4.79 Å². The molecule has 0 atom stereocenters. The molecule has 1 aliphatic rings. The second kappa shape index (κ2) is 8.83. The van der Waals surface area contributed by atoms with Gasteiger partial charge in [0.1, 0.15) is 11.7 Å². The first-order valence-electron chi connectivity index (χ1n) is 9.00. The van der Waals surface area contributed by atoms with E-state index < -0.39 is 5.60 Å². The average molecular weight is 361 g/mol. The van der Waals surface area contributed by atoms with Crippen molar-refractivity contribution < 1.29 is 23.9 Å². The maximum Gasteiger partial charge on any atom is 0.410 e. The first kappa shape index (κ1) is 19.9. The van der Waals surface area contributed by atoms with Crippen molar-refractivity contribution in [3.63, 3.8) is 0 Å². The Morgan fingerprint density at radius 1 is 1.04 bits per heavy atom. The summed E-state index contributed by atoms with van der Waals surface area (Å²) in [5.74, 6) is -0.438. The van der Waals surface area contributed by atoms with Crippen LogP contribution in [0.25, 0.3) is 0 Å². The summed E-state index contributed by atoms with van der Waals surface area (Å²) in [5, 5.41) is 0. The fourth-order valence-electron chi connectivity index (χ4n) is 2.71. The minimum Gasteiger partial charge on any atom is -0.462 e. The van der Waals surface area contributed by atoms with Crippen LogP contribution in [0.5, 0.6) is 0 Å². The number of carbonyl (C=O) groups is 3. The van der Waals surface area contributed by atoms with Gasteiger partial charge in [0.15, 0.2) is 5.78 Å². The van der Waals surface area contributed by atoms with Gasteiger partial charge in [-0.2, -0.15) is 0 Å². The highest BCUT2D eigenvalue weighted by Gasteiger charge is 2.28. The van der Waals surface area contributed by atoms with E-state index in [4.69, 9.17) is 9.47 Å². The average Bonchev–Trinajstić information content (AvgIpc) is 2.59. The summed E-state index contributed by atoms with van der Waals surface area (Å²) in [5.41, 5.74) is 0.0806. The first-order chi connectivity index (χ1) is 12.2. The third kappa shape index (κ3) is 6.50. The molecule has 1 aromatic carbocycles. The molecule has 1 saturated heterocycles. The molecule has 6 nitrogen and oxygen atoms in total. The molecule has 0 saturated carbocycles. The van der Waals surface area contributed by atoms with Gasteiger partial charge in [-0.3, -0.25) is 9.59 Å². The van der Waals surface area contributed by atoms with Gasteiger partial charge in [-0.15, -0.1) is 0 Å². The minimum atomic E-state index is -0.522.